The molecule has 0 spiro atoms. The quantitative estimate of drug-likeness (QED) is 0.0226. The van der Waals surface area contributed by atoms with Gasteiger partial charge in [0.1, 0.15) is 58.1 Å². The molecule has 0 radical (unpaired) electrons. The van der Waals surface area contributed by atoms with Crippen LogP contribution < -0.4 is 18.9 Å². The standard InChI is InChI=1S/C120H136N4O10/c1-75(2)61-93(111(129)121(67-77-37-29-25-30-38-77)68-78-39-31-26-32-40-78)123-107(125)89-63-95(131-85-53-45-81(46-54-85)117(17,18)71-113(5,6)7)101-103-97(133-87-57-49-83(50-58-87)119(21,22)73-115(11,12)13)65-91-100-92(110(128)124(109(91)127)94(62-76(3)4)112(130)122(69-79-41-33-27-34-42-79)70-80-43-35-28-36-44-80)66-98(134-88-59-51-84(52-60-88)120(23,24)74-116(14,15)16)104(106(100)103)102-96(64-90(108(123)126)99(89)105(101)102)132-86-55-47-82(48-56-86)118(19,20)72-114(8,9)10/h25-60,63-66,75-76,93-94H,61-62,67-74H2,1-24H3. The monoisotopic (exact) mass is 1790 g/mol. The highest BCUT2D eigenvalue weighted by atomic mass is 16.5. The van der Waals surface area contributed by atoms with Gasteiger partial charge in [-0.3, -0.25) is 38.6 Å². The number of hydrogen-bond acceptors (Lipinski definition) is 10. The highest BCUT2D eigenvalue weighted by Crippen LogP contribution is 2.59. The van der Waals surface area contributed by atoms with Crippen molar-refractivity contribution in [2.75, 3.05) is 0 Å². The van der Waals surface area contributed by atoms with Crippen LogP contribution in [0.2, 0.25) is 0 Å². The molecular weight excluding hydrogens is 1660 g/mol. The Bertz CT molecular complexity index is 5770. The van der Waals surface area contributed by atoms with Crippen LogP contribution in [0.5, 0.6) is 46.0 Å². The molecule has 15 rings (SSSR count). The Morgan fingerprint density at radius 1 is 0.269 bits per heavy atom. The molecule has 14 nitrogen and oxygen atoms in total. The Morgan fingerprint density at radius 2 is 0.463 bits per heavy atom. The van der Waals surface area contributed by atoms with E-state index in [1.165, 1.54) is 9.80 Å². The molecule has 13 aromatic rings. The summed E-state index contributed by atoms with van der Waals surface area (Å²) in [6, 6.07) is 75.4. The summed E-state index contributed by atoms with van der Waals surface area (Å²) in [4.78, 5) is 109. The molecule has 0 fully saturated rings. The van der Waals surface area contributed by atoms with E-state index in [0.717, 1.165) is 70.2 Å². The molecule has 2 heterocycles. The third kappa shape index (κ3) is 20.9. The molecule has 0 saturated carbocycles. The van der Waals surface area contributed by atoms with Crippen molar-refractivity contribution in [2.45, 2.75) is 265 Å². The Labute approximate surface area is 794 Å². The van der Waals surface area contributed by atoms with Gasteiger partial charge in [-0.05, 0) is 211 Å². The smallest absolute Gasteiger partial charge is 0.262 e. The molecule has 6 amide bonds. The first kappa shape index (κ1) is 96.2. The second-order valence-corrected chi connectivity index (χ2v) is 46.3. The van der Waals surface area contributed by atoms with Crippen molar-refractivity contribution in [3.05, 3.63) is 309 Å². The molecule has 14 heteroatoms. The minimum atomic E-state index is -1.35. The summed E-state index contributed by atoms with van der Waals surface area (Å²) < 4.78 is 30.9. The van der Waals surface area contributed by atoms with Crippen molar-refractivity contribution in [1.82, 2.24) is 19.6 Å². The van der Waals surface area contributed by atoms with Crippen LogP contribution in [0.25, 0.3) is 43.1 Å². The largest absolute Gasteiger partial charge is 0.457 e. The molecule has 2 unspecified atom stereocenters. The fourth-order valence-electron chi connectivity index (χ4n) is 22.1. The van der Waals surface area contributed by atoms with Gasteiger partial charge < -0.3 is 28.7 Å². The van der Waals surface area contributed by atoms with Gasteiger partial charge in [0.15, 0.2) is 0 Å². The van der Waals surface area contributed by atoms with Crippen LogP contribution in [0.3, 0.4) is 0 Å². The van der Waals surface area contributed by atoms with Crippen LogP contribution >= 0.6 is 0 Å². The van der Waals surface area contributed by atoms with Gasteiger partial charge in [-0.1, -0.05) is 336 Å². The number of amides is 6. The van der Waals surface area contributed by atoms with Crippen molar-refractivity contribution in [1.29, 1.82) is 0 Å². The summed E-state index contributed by atoms with van der Waals surface area (Å²) in [5.41, 5.74) is 6.66. The molecule has 13 aromatic carbocycles. The van der Waals surface area contributed by atoms with E-state index in [-0.39, 0.29) is 150 Å². The third-order valence-corrected chi connectivity index (χ3v) is 26.4. The summed E-state index contributed by atoms with van der Waals surface area (Å²) >= 11 is 0. The molecule has 0 aromatic heterocycles. The van der Waals surface area contributed by atoms with Crippen molar-refractivity contribution in [2.24, 2.45) is 33.5 Å². The lowest BCUT2D eigenvalue weighted by Crippen LogP contribution is -2.55. The number of carbonyl (C=O) groups excluding carboxylic acids is 6. The molecular formula is C120H136N4O10. The van der Waals surface area contributed by atoms with Crippen LogP contribution in [-0.2, 0) is 57.4 Å². The molecule has 0 saturated heterocycles. The lowest BCUT2D eigenvalue weighted by atomic mass is 9.72. The number of carbonyl (C=O) groups is 6. The van der Waals surface area contributed by atoms with E-state index in [9.17, 15) is 0 Å². The lowest BCUT2D eigenvalue weighted by molar-refractivity contribution is -0.138. The molecule has 0 N–H and O–H groups in total. The molecule has 0 bridgehead atoms. The molecule has 0 aliphatic carbocycles. The van der Waals surface area contributed by atoms with Gasteiger partial charge in [-0.25, -0.2) is 0 Å². The van der Waals surface area contributed by atoms with Crippen LogP contribution in [0, 0.1) is 33.5 Å². The van der Waals surface area contributed by atoms with Crippen LogP contribution in [-0.4, -0.2) is 67.1 Å². The number of hydrogen-bond donors (Lipinski definition) is 0. The SMILES string of the molecule is CC(C)CC(C(=O)N(Cc1ccccc1)Cc1ccccc1)N1C(=O)c2cc(Oc3ccc(C(C)(C)CC(C)(C)C)cc3)c3c4c(Oc5ccc(C(C)(C)CC(C)(C)C)cc5)cc5c6c(cc(Oc7ccc(C(C)(C)CC(C)(C)C)cc7)c(c7c(Oc8ccc(C(C)(C)CC(C)(C)C)cc8)cc(c2c37)C1=O)c64)C(=O)N(C(CC(C)C)C(=O)N(Cc1ccccc1)Cc1ccccc1)C5=O. The lowest BCUT2D eigenvalue weighted by Gasteiger charge is -2.38. The highest BCUT2D eigenvalue weighted by Gasteiger charge is 2.49. The molecule has 2 aliphatic heterocycles. The number of nitrogens with zero attached hydrogens (tertiary/aromatic N) is 4. The normalized spacial score (nSPS) is 14.1. The average molecular weight is 1790 g/mol. The molecule has 2 aliphatic rings. The first-order valence-corrected chi connectivity index (χ1v) is 48.0. The van der Waals surface area contributed by atoms with E-state index in [0.29, 0.717) is 55.3 Å². The molecule has 696 valence electrons. The predicted molar refractivity (Wildman–Crippen MR) is 544 cm³/mol. The summed E-state index contributed by atoms with van der Waals surface area (Å²) in [6.45, 7) is 53.5. The van der Waals surface area contributed by atoms with Gasteiger partial charge in [0.05, 0.1) is 22.3 Å². The highest BCUT2D eigenvalue weighted by molar-refractivity contribution is 6.45. The number of ether oxygens (including phenoxy) is 4. The zero-order valence-corrected chi connectivity index (χ0v) is 83.3. The second-order valence-electron chi connectivity index (χ2n) is 46.3. The van der Waals surface area contributed by atoms with E-state index in [1.54, 1.807) is 34.1 Å². The number of rotatable bonds is 32. The first-order chi connectivity index (χ1) is 63.0. The van der Waals surface area contributed by atoms with Gasteiger partial charge in [-0.15, -0.1) is 0 Å². The van der Waals surface area contributed by atoms with E-state index in [4.69, 9.17) is 18.9 Å². The minimum Gasteiger partial charge on any atom is -0.457 e. The maximum Gasteiger partial charge on any atom is 0.262 e. The van der Waals surface area contributed by atoms with Crippen molar-refractivity contribution < 1.29 is 47.7 Å². The zero-order chi connectivity index (χ0) is 96.4. The van der Waals surface area contributed by atoms with Crippen molar-refractivity contribution in [3.63, 3.8) is 0 Å². The van der Waals surface area contributed by atoms with E-state index in [2.05, 4.69) is 187 Å². The third-order valence-electron chi connectivity index (χ3n) is 26.4. The van der Waals surface area contributed by atoms with E-state index >= 15 is 28.8 Å². The van der Waals surface area contributed by atoms with Crippen LogP contribution in [0.15, 0.2) is 243 Å². The predicted octanol–water partition coefficient (Wildman–Crippen LogP) is 30.2. The minimum absolute atomic E-state index is 0.0319. The van der Waals surface area contributed by atoms with Crippen molar-refractivity contribution in [3.8, 4) is 46.0 Å². The number of fused-ring (bicyclic) bond motifs is 2. The van der Waals surface area contributed by atoms with E-state index in [1.807, 2.05) is 198 Å². The summed E-state index contributed by atoms with van der Waals surface area (Å²) in [7, 11) is 0. The van der Waals surface area contributed by atoms with Gasteiger partial charge in [0, 0.05) is 69.3 Å². The second kappa shape index (κ2) is 37.1. The number of imide groups is 2. The Balaban J connectivity index is 1.09. The summed E-state index contributed by atoms with van der Waals surface area (Å²) in [6.07, 6.45) is 3.64. The maximum absolute atomic E-state index is 17.4. The zero-order valence-electron chi connectivity index (χ0n) is 83.3. The Morgan fingerprint density at radius 3 is 0.642 bits per heavy atom. The maximum atomic E-state index is 17.4. The van der Waals surface area contributed by atoms with Gasteiger partial charge in [0.25, 0.3) is 23.6 Å². The van der Waals surface area contributed by atoms with E-state index < -0.39 is 47.5 Å². The Hall–Kier alpha value is -12.4. The first-order valence-electron chi connectivity index (χ1n) is 48.0. The van der Waals surface area contributed by atoms with Crippen LogP contribution in [0.1, 0.15) is 291 Å². The molecule has 134 heavy (non-hydrogen) atoms. The number of benzene rings is 13. The Kier molecular flexibility index (Phi) is 26.6. The van der Waals surface area contributed by atoms with Gasteiger partial charge in [-0.2, -0.15) is 0 Å². The van der Waals surface area contributed by atoms with Crippen molar-refractivity contribution >= 4 is 78.5 Å². The fourth-order valence-corrected chi connectivity index (χ4v) is 22.1. The summed E-state index contributed by atoms with van der Waals surface area (Å²) in [5, 5.41) is 2.46. The van der Waals surface area contributed by atoms with Gasteiger partial charge in [0.2, 0.25) is 11.8 Å². The molecule has 2 atom stereocenters. The summed E-state index contributed by atoms with van der Waals surface area (Å²) in [5.74, 6) is -2.11. The average Bonchev–Trinajstić information content (AvgIpc) is 0.668. The van der Waals surface area contributed by atoms with Gasteiger partial charge >= 0.3 is 0 Å². The fraction of sp³-hybridized carbons (Fsp3) is 0.383. The van der Waals surface area contributed by atoms with Crippen LogP contribution in [0.4, 0.5) is 0 Å². The topological polar surface area (TPSA) is 152 Å².